The van der Waals surface area contributed by atoms with Crippen molar-refractivity contribution in [1.82, 2.24) is 0 Å². The molecule has 0 spiro atoms. The summed E-state index contributed by atoms with van der Waals surface area (Å²) in [4.78, 5) is 11.8. The Kier molecular flexibility index (Phi) is 4.34. The monoisotopic (exact) mass is 316 g/mol. The Bertz CT molecular complexity index is 725. The minimum Gasteiger partial charge on any atom is -0.467 e. The van der Waals surface area contributed by atoms with Crippen molar-refractivity contribution in [3.8, 4) is 28.4 Å². The third kappa shape index (κ3) is 3.07. The molecule has 23 heavy (non-hydrogen) atoms. The molecular formula is C17H16O6. The molecular weight excluding hydrogens is 300 g/mol. The Balaban J connectivity index is 1.98. The van der Waals surface area contributed by atoms with E-state index in [0.717, 1.165) is 16.9 Å². The summed E-state index contributed by atoms with van der Waals surface area (Å²) in [5.74, 6) is 1.34. The van der Waals surface area contributed by atoms with Gasteiger partial charge in [0.25, 0.3) is 0 Å². The largest absolute Gasteiger partial charge is 0.467 e. The first-order chi connectivity index (χ1) is 11.2. The van der Waals surface area contributed by atoms with Crippen molar-refractivity contribution in [2.75, 3.05) is 27.8 Å². The lowest BCUT2D eigenvalue weighted by Crippen LogP contribution is -2.07. The zero-order chi connectivity index (χ0) is 16.2. The molecule has 0 saturated heterocycles. The zero-order valence-corrected chi connectivity index (χ0v) is 12.8. The molecule has 0 unspecified atom stereocenters. The van der Waals surface area contributed by atoms with Crippen LogP contribution in [-0.2, 0) is 9.47 Å². The average molecular weight is 316 g/mol. The first-order valence-electron chi connectivity index (χ1n) is 6.97. The van der Waals surface area contributed by atoms with Gasteiger partial charge in [-0.25, -0.2) is 4.79 Å². The highest BCUT2D eigenvalue weighted by Crippen LogP contribution is 2.37. The minimum atomic E-state index is -0.465. The van der Waals surface area contributed by atoms with Gasteiger partial charge in [0.2, 0.25) is 6.79 Å². The van der Waals surface area contributed by atoms with Crippen molar-refractivity contribution in [2.45, 2.75) is 0 Å². The summed E-state index contributed by atoms with van der Waals surface area (Å²) in [7, 11) is 2.84. The lowest BCUT2D eigenvalue weighted by atomic mass is 10.0. The molecule has 0 fully saturated rings. The van der Waals surface area contributed by atoms with E-state index in [-0.39, 0.29) is 13.6 Å². The molecule has 0 atom stereocenters. The van der Waals surface area contributed by atoms with Gasteiger partial charge in [0.15, 0.2) is 18.3 Å². The molecule has 6 nitrogen and oxygen atoms in total. The van der Waals surface area contributed by atoms with Gasteiger partial charge in [-0.3, -0.25) is 0 Å². The number of rotatable bonds is 5. The smallest absolute Gasteiger partial charge is 0.341 e. The maximum Gasteiger partial charge on any atom is 0.341 e. The number of carbonyl (C=O) groups excluding carboxylic acids is 1. The SMILES string of the molecule is COCOc1cc(-c2ccc3c(c2)OCO3)ccc1C(=O)OC. The standard InChI is InChI=1S/C17H16O6/c1-19-9-21-15-7-11(3-5-13(15)17(18)20-2)12-4-6-14-16(8-12)23-10-22-14/h3-8H,9-10H2,1-2H3. The van der Waals surface area contributed by atoms with E-state index >= 15 is 0 Å². The molecule has 2 aromatic rings. The highest BCUT2D eigenvalue weighted by atomic mass is 16.7. The van der Waals surface area contributed by atoms with Crippen LogP contribution in [0.5, 0.6) is 17.2 Å². The van der Waals surface area contributed by atoms with Crippen LogP contribution in [0.25, 0.3) is 11.1 Å². The van der Waals surface area contributed by atoms with E-state index in [1.807, 2.05) is 24.3 Å². The molecule has 0 saturated carbocycles. The third-order valence-electron chi connectivity index (χ3n) is 3.43. The summed E-state index contributed by atoms with van der Waals surface area (Å²) in [6.45, 7) is 0.261. The lowest BCUT2D eigenvalue weighted by Gasteiger charge is -2.12. The number of benzene rings is 2. The normalized spacial score (nSPS) is 12.1. The molecule has 0 aromatic heterocycles. The van der Waals surface area contributed by atoms with Crippen molar-refractivity contribution in [2.24, 2.45) is 0 Å². The average Bonchev–Trinajstić information content (AvgIpc) is 3.06. The molecule has 0 bridgehead atoms. The number of ether oxygens (including phenoxy) is 5. The minimum absolute atomic E-state index is 0.0363. The molecule has 0 N–H and O–H groups in total. The number of hydrogen-bond donors (Lipinski definition) is 0. The van der Waals surface area contributed by atoms with Gasteiger partial charge in [0, 0.05) is 7.11 Å². The highest BCUT2D eigenvalue weighted by molar-refractivity contribution is 5.93. The number of esters is 1. The van der Waals surface area contributed by atoms with E-state index in [1.54, 1.807) is 12.1 Å². The zero-order valence-electron chi connectivity index (χ0n) is 12.8. The molecule has 1 aliphatic heterocycles. The van der Waals surface area contributed by atoms with E-state index in [9.17, 15) is 4.79 Å². The van der Waals surface area contributed by atoms with Crippen LogP contribution in [0.4, 0.5) is 0 Å². The van der Waals surface area contributed by atoms with Gasteiger partial charge in [0.1, 0.15) is 11.3 Å². The maximum absolute atomic E-state index is 11.8. The first kappa shape index (κ1) is 15.2. The molecule has 1 aliphatic rings. The number of methoxy groups -OCH3 is 2. The number of carbonyl (C=O) groups is 1. The van der Waals surface area contributed by atoms with Crippen molar-refractivity contribution in [3.63, 3.8) is 0 Å². The molecule has 6 heteroatoms. The predicted molar refractivity (Wildman–Crippen MR) is 81.8 cm³/mol. The van der Waals surface area contributed by atoms with Gasteiger partial charge < -0.3 is 23.7 Å². The van der Waals surface area contributed by atoms with E-state index in [2.05, 4.69) is 0 Å². The summed E-state index contributed by atoms with van der Waals surface area (Å²) >= 11 is 0. The Morgan fingerprint density at radius 2 is 1.78 bits per heavy atom. The van der Waals surface area contributed by atoms with Crippen LogP contribution in [0.1, 0.15) is 10.4 Å². The quantitative estimate of drug-likeness (QED) is 0.624. The summed E-state index contributed by atoms with van der Waals surface area (Å²) < 4.78 is 25.9. The Hall–Kier alpha value is -2.73. The molecule has 120 valence electrons. The van der Waals surface area contributed by atoms with E-state index < -0.39 is 5.97 Å². The third-order valence-corrected chi connectivity index (χ3v) is 3.43. The van der Waals surface area contributed by atoms with E-state index in [1.165, 1.54) is 14.2 Å². The maximum atomic E-state index is 11.8. The highest BCUT2D eigenvalue weighted by Gasteiger charge is 2.17. The molecule has 1 heterocycles. The Morgan fingerprint density at radius 3 is 2.57 bits per heavy atom. The van der Waals surface area contributed by atoms with Crippen LogP contribution in [-0.4, -0.2) is 33.8 Å². The van der Waals surface area contributed by atoms with Gasteiger partial charge in [0.05, 0.1) is 7.11 Å². The van der Waals surface area contributed by atoms with Crippen molar-refractivity contribution >= 4 is 5.97 Å². The van der Waals surface area contributed by atoms with Crippen LogP contribution < -0.4 is 14.2 Å². The Labute approximate surface area is 133 Å². The fraction of sp³-hybridized carbons (Fsp3) is 0.235. The van der Waals surface area contributed by atoms with Crippen LogP contribution in [0.3, 0.4) is 0 Å². The van der Waals surface area contributed by atoms with Gasteiger partial charge in [-0.15, -0.1) is 0 Å². The second-order valence-corrected chi connectivity index (χ2v) is 4.82. The number of hydrogen-bond acceptors (Lipinski definition) is 6. The summed E-state index contributed by atoms with van der Waals surface area (Å²) in [6, 6.07) is 10.9. The molecule has 0 radical (unpaired) electrons. The topological polar surface area (TPSA) is 63.2 Å². The van der Waals surface area contributed by atoms with Crippen molar-refractivity contribution < 1.29 is 28.5 Å². The van der Waals surface area contributed by atoms with Gasteiger partial charge in [-0.05, 0) is 35.4 Å². The molecule has 0 aliphatic carbocycles. The Morgan fingerprint density at radius 1 is 1.04 bits per heavy atom. The van der Waals surface area contributed by atoms with Crippen LogP contribution in [0.2, 0.25) is 0 Å². The van der Waals surface area contributed by atoms with Gasteiger partial charge >= 0.3 is 5.97 Å². The summed E-state index contributed by atoms with van der Waals surface area (Å²) in [5.41, 5.74) is 2.14. The van der Waals surface area contributed by atoms with Crippen LogP contribution in [0.15, 0.2) is 36.4 Å². The predicted octanol–water partition coefficient (Wildman–Crippen LogP) is 2.85. The van der Waals surface area contributed by atoms with Crippen LogP contribution in [0, 0.1) is 0 Å². The first-order valence-corrected chi connectivity index (χ1v) is 6.97. The van der Waals surface area contributed by atoms with E-state index in [4.69, 9.17) is 23.7 Å². The summed E-state index contributed by atoms with van der Waals surface area (Å²) in [6.07, 6.45) is 0. The van der Waals surface area contributed by atoms with Crippen LogP contribution >= 0.6 is 0 Å². The van der Waals surface area contributed by atoms with E-state index in [0.29, 0.717) is 17.1 Å². The van der Waals surface area contributed by atoms with Gasteiger partial charge in [-0.1, -0.05) is 12.1 Å². The fourth-order valence-corrected chi connectivity index (χ4v) is 2.30. The fourth-order valence-electron chi connectivity index (χ4n) is 2.30. The molecule has 2 aromatic carbocycles. The van der Waals surface area contributed by atoms with Crippen molar-refractivity contribution in [1.29, 1.82) is 0 Å². The lowest BCUT2D eigenvalue weighted by molar-refractivity contribution is 0.0465. The second kappa shape index (κ2) is 6.58. The van der Waals surface area contributed by atoms with Crippen molar-refractivity contribution in [3.05, 3.63) is 42.0 Å². The second-order valence-electron chi connectivity index (χ2n) is 4.82. The molecule has 0 amide bonds. The van der Waals surface area contributed by atoms with Gasteiger partial charge in [-0.2, -0.15) is 0 Å². The molecule has 3 rings (SSSR count). The summed E-state index contributed by atoms with van der Waals surface area (Å²) in [5, 5.41) is 0. The number of fused-ring (bicyclic) bond motifs is 1.